The van der Waals surface area contributed by atoms with Crippen LogP contribution in [0.2, 0.25) is 0 Å². The molecule has 18 heteroatoms. The van der Waals surface area contributed by atoms with Gasteiger partial charge in [0, 0.05) is 0 Å². The summed E-state index contributed by atoms with van der Waals surface area (Å²) in [4.78, 5) is 25.1. The Balaban J connectivity index is -0.00000000827. The monoisotopic (exact) mass is 297 g/mol. The van der Waals surface area contributed by atoms with E-state index >= 15 is 0 Å². The molecule has 0 aromatic heterocycles. The maximum atomic E-state index is 8.36. The summed E-state index contributed by atoms with van der Waals surface area (Å²) in [6.45, 7) is 0. The van der Waals surface area contributed by atoms with Gasteiger partial charge in [-0.15, -0.1) is 30.3 Å². The second-order valence-electron chi connectivity index (χ2n) is 0.714. The molecular weight excluding hydrogens is 282 g/mol. The minimum absolute atomic E-state index is 0. The van der Waals surface area contributed by atoms with Gasteiger partial charge >= 0.3 is 0 Å². The lowest BCUT2D eigenvalue weighted by atomic mass is 13.1. The van der Waals surface area contributed by atoms with E-state index in [4.69, 9.17) is 46.0 Å². The quantitative estimate of drug-likeness (QED) is 0.282. The van der Waals surface area contributed by atoms with E-state index in [1.165, 1.54) is 0 Å². The molecule has 18 nitrogen and oxygen atoms in total. The zero-order valence-corrected chi connectivity index (χ0v) is 8.13. The van der Waals surface area contributed by atoms with E-state index in [0.717, 1.165) is 0 Å². The van der Waals surface area contributed by atoms with Gasteiger partial charge in [0.25, 0.3) is 15.3 Å². The van der Waals surface area contributed by atoms with Crippen LogP contribution in [0.15, 0.2) is 0 Å². The van der Waals surface area contributed by atoms with Crippen LogP contribution in [-0.4, -0.2) is 63.7 Å². The Hall–Kier alpha value is -2.64. The topological polar surface area (TPSA) is 379 Å². The van der Waals surface area contributed by atoms with Gasteiger partial charge in [-0.05, 0) is 0 Å². The van der Waals surface area contributed by atoms with Crippen molar-refractivity contribution in [3.63, 3.8) is 0 Å². The van der Waals surface area contributed by atoms with E-state index < -0.39 is 15.3 Å². The van der Waals surface area contributed by atoms with E-state index in [1.807, 2.05) is 0 Å². The number of nitrogens with zero attached hydrogens (tertiary/aromatic N) is 3. The van der Waals surface area contributed by atoms with Gasteiger partial charge in [0.05, 0.1) is 0 Å². The van der Waals surface area contributed by atoms with Crippen molar-refractivity contribution in [1.82, 2.24) is 0 Å². The summed E-state index contributed by atoms with van der Waals surface area (Å²) in [7, 11) is 0. The highest BCUT2D eigenvalue weighted by molar-refractivity contribution is 3.84. The van der Waals surface area contributed by atoms with Crippen LogP contribution in [0.25, 0.3) is 0 Å². The molecule has 0 spiro atoms. The minimum atomic E-state index is -1.50. The third-order valence-corrected chi connectivity index (χ3v) is 0. The highest BCUT2D eigenvalue weighted by Crippen LogP contribution is 1.39. The molecule has 0 aliphatic heterocycles. The molecular formula is H15N3O15. The first-order chi connectivity index (χ1) is 5.20. The van der Waals surface area contributed by atoms with Gasteiger partial charge in [0.2, 0.25) is 0 Å². The Bertz CT molecular complexity index is 109. The van der Waals surface area contributed by atoms with Crippen LogP contribution in [0.4, 0.5) is 0 Å². The number of hydrogen-bond donors (Lipinski definition) is 3. The molecule has 0 fully saturated rings. The molecule has 0 rings (SSSR count). The van der Waals surface area contributed by atoms with Crippen LogP contribution in [0.1, 0.15) is 0 Å². The zero-order chi connectivity index (χ0) is 10.7. The van der Waals surface area contributed by atoms with E-state index in [-0.39, 0.29) is 32.9 Å². The predicted molar refractivity (Wildman–Crippen MR) is 48.0 cm³/mol. The molecule has 0 atom stereocenters. The Morgan fingerprint density at radius 2 is 0.500 bits per heavy atom. The first-order valence-corrected chi connectivity index (χ1v) is 1.70. The average Bonchev–Trinajstić information content (AvgIpc) is 1.54. The first-order valence-electron chi connectivity index (χ1n) is 1.70. The minimum Gasteiger partial charge on any atom is -0.412 e. The van der Waals surface area contributed by atoms with Crippen LogP contribution in [-0.2, 0) is 0 Å². The maximum Gasteiger partial charge on any atom is 0.291 e. The Morgan fingerprint density at radius 3 is 0.500 bits per heavy atom. The van der Waals surface area contributed by atoms with Gasteiger partial charge in [0.1, 0.15) is 0 Å². The normalized spacial score (nSPS) is 4.00. The standard InChI is InChI=1S/3HNO3.6H2O/c3*2-1(3)4;;;;;;/h3*(H,2,3,4);6*1H2. The van der Waals surface area contributed by atoms with Crippen LogP contribution < -0.4 is 0 Å². The molecule has 0 aromatic rings. The van der Waals surface area contributed by atoms with Crippen molar-refractivity contribution < 1.29 is 63.7 Å². The molecule has 0 aromatic carbocycles. The SMILES string of the molecule is O.O.O.O.O.O.O=[N+]([O-])O.O=[N+]([O-])O.O=[N+]([O-])O. The fourth-order valence-corrected chi connectivity index (χ4v) is 0. The van der Waals surface area contributed by atoms with Crippen molar-refractivity contribution in [2.45, 2.75) is 0 Å². The second kappa shape index (κ2) is 63.4. The lowest BCUT2D eigenvalue weighted by Gasteiger charge is -1.56. The highest BCUT2D eigenvalue weighted by atomic mass is 16.9. The van der Waals surface area contributed by atoms with Crippen molar-refractivity contribution in [3.8, 4) is 0 Å². The molecule has 18 heavy (non-hydrogen) atoms. The summed E-state index contributed by atoms with van der Waals surface area (Å²) < 4.78 is 0. The fourth-order valence-electron chi connectivity index (χ4n) is 0. The molecule has 0 saturated carbocycles. The number of rotatable bonds is 0. The van der Waals surface area contributed by atoms with Crippen molar-refractivity contribution in [3.05, 3.63) is 30.3 Å². The molecule has 0 amide bonds. The zero-order valence-electron chi connectivity index (χ0n) is 8.13. The van der Waals surface area contributed by atoms with Crippen molar-refractivity contribution in [1.29, 1.82) is 0 Å². The molecule has 120 valence electrons. The molecule has 0 aliphatic rings. The average molecular weight is 297 g/mol. The predicted octanol–water partition coefficient (Wildman–Crippen LogP) is -5.99. The van der Waals surface area contributed by atoms with Gasteiger partial charge in [-0.2, -0.15) is 0 Å². The van der Waals surface area contributed by atoms with Gasteiger partial charge < -0.3 is 48.5 Å². The Morgan fingerprint density at radius 1 is 0.500 bits per heavy atom. The van der Waals surface area contributed by atoms with Crippen LogP contribution in [0.5, 0.6) is 0 Å². The molecule has 0 bridgehead atoms. The summed E-state index contributed by atoms with van der Waals surface area (Å²) in [5, 5.41) is 40.9. The summed E-state index contributed by atoms with van der Waals surface area (Å²) in [6.07, 6.45) is 0. The summed E-state index contributed by atoms with van der Waals surface area (Å²) in [5.41, 5.74) is 0. The first kappa shape index (κ1) is 78.3. The lowest BCUT2D eigenvalue weighted by Crippen LogP contribution is -1.81. The molecule has 15 N–H and O–H groups in total. The van der Waals surface area contributed by atoms with E-state index in [0.29, 0.717) is 0 Å². The Kier molecular flexibility index (Phi) is 276. The molecule has 0 heterocycles. The van der Waals surface area contributed by atoms with Crippen LogP contribution >= 0.6 is 0 Å². The third-order valence-electron chi connectivity index (χ3n) is 0. The van der Waals surface area contributed by atoms with Crippen LogP contribution in [0, 0.1) is 30.3 Å². The fraction of sp³-hybridized carbons (Fsp3) is 0. The van der Waals surface area contributed by atoms with Crippen molar-refractivity contribution >= 4 is 0 Å². The van der Waals surface area contributed by atoms with Crippen LogP contribution in [0.3, 0.4) is 0 Å². The van der Waals surface area contributed by atoms with Gasteiger partial charge in [-0.25, -0.2) is 0 Å². The maximum absolute atomic E-state index is 8.36. The Labute approximate surface area is 95.5 Å². The molecule has 0 saturated heterocycles. The molecule has 0 radical (unpaired) electrons. The second-order valence-corrected chi connectivity index (χ2v) is 0.714. The molecule has 0 aliphatic carbocycles. The van der Waals surface area contributed by atoms with E-state index in [1.54, 1.807) is 0 Å². The summed E-state index contributed by atoms with van der Waals surface area (Å²) in [5.74, 6) is 0. The van der Waals surface area contributed by atoms with Crippen molar-refractivity contribution in [2.24, 2.45) is 0 Å². The third kappa shape index (κ3) is 293. The van der Waals surface area contributed by atoms with Crippen molar-refractivity contribution in [2.75, 3.05) is 0 Å². The largest absolute Gasteiger partial charge is 0.412 e. The van der Waals surface area contributed by atoms with Gasteiger partial charge in [-0.3, -0.25) is 0 Å². The summed E-state index contributed by atoms with van der Waals surface area (Å²) >= 11 is 0. The lowest BCUT2D eigenvalue weighted by molar-refractivity contribution is -0.742. The summed E-state index contributed by atoms with van der Waals surface area (Å²) in [6, 6.07) is 0. The number of hydrogen-bond acceptors (Lipinski definition) is 6. The highest BCUT2D eigenvalue weighted by Gasteiger charge is 1.66. The smallest absolute Gasteiger partial charge is 0.291 e. The van der Waals surface area contributed by atoms with Gasteiger partial charge in [0.15, 0.2) is 0 Å². The van der Waals surface area contributed by atoms with E-state index in [9.17, 15) is 0 Å². The van der Waals surface area contributed by atoms with Gasteiger partial charge in [-0.1, -0.05) is 0 Å². The molecule has 0 unspecified atom stereocenters. The van der Waals surface area contributed by atoms with E-state index in [2.05, 4.69) is 0 Å².